The lowest BCUT2D eigenvalue weighted by Crippen LogP contribution is -2.40. The Bertz CT molecular complexity index is 460. The quantitative estimate of drug-likeness (QED) is 0.821. The molecule has 2 N–H and O–H groups in total. The van der Waals surface area contributed by atoms with Gasteiger partial charge in [-0.2, -0.15) is 0 Å². The van der Waals surface area contributed by atoms with Crippen molar-refractivity contribution in [3.63, 3.8) is 0 Å². The highest BCUT2D eigenvalue weighted by atomic mass is 19.1. The molecular formula is C14H18FNO3. The maximum absolute atomic E-state index is 13.4. The number of amides is 1. The summed E-state index contributed by atoms with van der Waals surface area (Å²) in [5.41, 5.74) is -0.145. The van der Waals surface area contributed by atoms with Crippen LogP contribution >= 0.6 is 0 Å². The van der Waals surface area contributed by atoms with E-state index < -0.39 is 11.9 Å². The van der Waals surface area contributed by atoms with Crippen LogP contribution in [0.2, 0.25) is 0 Å². The van der Waals surface area contributed by atoms with Crippen molar-refractivity contribution in [2.75, 3.05) is 13.2 Å². The molecule has 0 spiro atoms. The van der Waals surface area contributed by atoms with Crippen molar-refractivity contribution in [2.24, 2.45) is 5.41 Å². The Labute approximate surface area is 111 Å². The van der Waals surface area contributed by atoms with E-state index in [1.54, 1.807) is 19.1 Å². The van der Waals surface area contributed by atoms with E-state index in [1.165, 1.54) is 12.1 Å². The minimum atomic E-state index is -0.772. The fourth-order valence-corrected chi connectivity index (χ4v) is 1.77. The number of ether oxygens (including phenoxy) is 1. The molecule has 0 heterocycles. The molecule has 0 bridgehead atoms. The monoisotopic (exact) mass is 267 g/mol. The summed E-state index contributed by atoms with van der Waals surface area (Å²) in [4.78, 5) is 11.8. The van der Waals surface area contributed by atoms with E-state index in [0.29, 0.717) is 6.54 Å². The predicted molar refractivity (Wildman–Crippen MR) is 68.3 cm³/mol. The van der Waals surface area contributed by atoms with Crippen LogP contribution in [0.25, 0.3) is 0 Å². The van der Waals surface area contributed by atoms with Gasteiger partial charge in [0.15, 0.2) is 17.7 Å². The van der Waals surface area contributed by atoms with Crippen LogP contribution in [0.5, 0.6) is 5.75 Å². The van der Waals surface area contributed by atoms with Crippen molar-refractivity contribution < 1.29 is 19.0 Å². The topological polar surface area (TPSA) is 58.6 Å². The zero-order valence-corrected chi connectivity index (χ0v) is 10.9. The van der Waals surface area contributed by atoms with E-state index in [0.717, 1.165) is 12.8 Å². The lowest BCUT2D eigenvalue weighted by Gasteiger charge is -2.17. The summed E-state index contributed by atoms with van der Waals surface area (Å²) >= 11 is 0. The zero-order valence-electron chi connectivity index (χ0n) is 10.9. The molecule has 0 radical (unpaired) electrons. The third-order valence-corrected chi connectivity index (χ3v) is 3.44. The van der Waals surface area contributed by atoms with Crippen molar-refractivity contribution >= 4 is 5.91 Å². The molecule has 104 valence electrons. The minimum Gasteiger partial charge on any atom is -0.478 e. The highest BCUT2D eigenvalue weighted by Crippen LogP contribution is 2.44. The van der Waals surface area contributed by atoms with E-state index in [9.17, 15) is 9.18 Å². The average Bonchev–Trinajstić information content (AvgIpc) is 3.19. The van der Waals surface area contributed by atoms with E-state index in [4.69, 9.17) is 9.84 Å². The van der Waals surface area contributed by atoms with Crippen LogP contribution in [0.15, 0.2) is 24.3 Å². The molecule has 1 aromatic rings. The van der Waals surface area contributed by atoms with Crippen LogP contribution in [-0.4, -0.2) is 30.3 Å². The van der Waals surface area contributed by atoms with Crippen molar-refractivity contribution in [2.45, 2.75) is 25.9 Å². The number of benzene rings is 1. The van der Waals surface area contributed by atoms with Gasteiger partial charge in [0.25, 0.3) is 5.91 Å². The predicted octanol–water partition coefficient (Wildman–Crippen LogP) is 1.48. The zero-order chi connectivity index (χ0) is 13.9. The van der Waals surface area contributed by atoms with E-state index in [1.807, 2.05) is 0 Å². The highest BCUT2D eigenvalue weighted by molar-refractivity contribution is 5.80. The Hall–Kier alpha value is -1.62. The molecule has 1 unspecified atom stereocenters. The highest BCUT2D eigenvalue weighted by Gasteiger charge is 2.42. The summed E-state index contributed by atoms with van der Waals surface area (Å²) in [6, 6.07) is 5.97. The van der Waals surface area contributed by atoms with Crippen molar-refractivity contribution in [1.82, 2.24) is 5.32 Å². The van der Waals surface area contributed by atoms with Gasteiger partial charge in [0.1, 0.15) is 0 Å². The number of hydrogen-bond acceptors (Lipinski definition) is 3. The number of aliphatic hydroxyl groups is 1. The standard InChI is InChI=1S/C14H18FNO3/c1-10(19-12-5-3-2-4-11(12)15)13(18)16-8-14(9-17)6-7-14/h2-5,10,17H,6-9H2,1H3,(H,16,18). The molecule has 1 amide bonds. The number of aliphatic hydroxyl groups excluding tert-OH is 1. The third kappa shape index (κ3) is 3.44. The minimum absolute atomic E-state index is 0.0634. The van der Waals surface area contributed by atoms with Crippen LogP contribution in [0.1, 0.15) is 19.8 Å². The molecule has 0 saturated heterocycles. The molecule has 5 heteroatoms. The first kappa shape index (κ1) is 13.8. The number of hydrogen-bond donors (Lipinski definition) is 2. The molecule has 0 aromatic heterocycles. The Morgan fingerprint density at radius 2 is 2.21 bits per heavy atom. The summed E-state index contributed by atoms with van der Waals surface area (Å²) in [7, 11) is 0. The maximum Gasteiger partial charge on any atom is 0.260 e. The van der Waals surface area contributed by atoms with Gasteiger partial charge < -0.3 is 15.2 Å². The van der Waals surface area contributed by atoms with E-state index in [2.05, 4.69) is 5.32 Å². The van der Waals surface area contributed by atoms with Gasteiger partial charge in [-0.15, -0.1) is 0 Å². The molecule has 1 atom stereocenters. The second kappa shape index (κ2) is 5.57. The van der Waals surface area contributed by atoms with Gasteiger partial charge in [-0.3, -0.25) is 4.79 Å². The number of carbonyl (C=O) groups excluding carboxylic acids is 1. The van der Waals surface area contributed by atoms with Gasteiger partial charge in [0, 0.05) is 12.0 Å². The normalized spacial score (nSPS) is 17.6. The number of halogens is 1. The molecule has 0 aliphatic heterocycles. The summed E-state index contributed by atoms with van der Waals surface area (Å²) in [6.45, 7) is 2.09. The Morgan fingerprint density at radius 3 is 2.79 bits per heavy atom. The van der Waals surface area contributed by atoms with Gasteiger partial charge in [-0.1, -0.05) is 12.1 Å². The van der Waals surface area contributed by atoms with Crippen LogP contribution in [0, 0.1) is 11.2 Å². The first-order valence-electron chi connectivity index (χ1n) is 6.36. The molecule has 1 aliphatic rings. The number of carbonyl (C=O) groups is 1. The van der Waals surface area contributed by atoms with Crippen molar-refractivity contribution in [3.05, 3.63) is 30.1 Å². The first-order chi connectivity index (χ1) is 9.06. The fourth-order valence-electron chi connectivity index (χ4n) is 1.77. The average molecular weight is 267 g/mol. The molecule has 1 saturated carbocycles. The molecule has 4 nitrogen and oxygen atoms in total. The SMILES string of the molecule is CC(Oc1ccccc1F)C(=O)NCC1(CO)CC1. The lowest BCUT2D eigenvalue weighted by atomic mass is 10.1. The Kier molecular flexibility index (Phi) is 4.04. The molecule has 1 aliphatic carbocycles. The van der Waals surface area contributed by atoms with Gasteiger partial charge in [-0.25, -0.2) is 4.39 Å². The van der Waals surface area contributed by atoms with Gasteiger partial charge >= 0.3 is 0 Å². The summed E-state index contributed by atoms with van der Waals surface area (Å²) < 4.78 is 18.6. The second-order valence-electron chi connectivity index (χ2n) is 5.07. The van der Waals surface area contributed by atoms with Crippen LogP contribution in [-0.2, 0) is 4.79 Å². The smallest absolute Gasteiger partial charge is 0.260 e. The number of nitrogens with one attached hydrogen (secondary N) is 1. The van der Waals surface area contributed by atoms with Gasteiger partial charge in [-0.05, 0) is 31.9 Å². The molecule has 2 rings (SSSR count). The summed E-state index contributed by atoms with van der Waals surface area (Å²) in [6.07, 6.45) is 1.07. The largest absolute Gasteiger partial charge is 0.478 e. The molecule has 1 aromatic carbocycles. The lowest BCUT2D eigenvalue weighted by molar-refractivity contribution is -0.127. The molecule has 19 heavy (non-hydrogen) atoms. The van der Waals surface area contributed by atoms with Gasteiger partial charge in [0.05, 0.1) is 6.61 Å². The Morgan fingerprint density at radius 1 is 1.53 bits per heavy atom. The van der Waals surface area contributed by atoms with Gasteiger partial charge in [0.2, 0.25) is 0 Å². The first-order valence-corrected chi connectivity index (χ1v) is 6.36. The second-order valence-corrected chi connectivity index (χ2v) is 5.07. The van der Waals surface area contributed by atoms with Crippen LogP contribution in [0.3, 0.4) is 0 Å². The van der Waals surface area contributed by atoms with Crippen LogP contribution in [0.4, 0.5) is 4.39 Å². The summed E-state index contributed by atoms with van der Waals surface area (Å²) in [5, 5.41) is 11.9. The maximum atomic E-state index is 13.4. The molecule has 1 fully saturated rings. The third-order valence-electron chi connectivity index (χ3n) is 3.44. The fraction of sp³-hybridized carbons (Fsp3) is 0.500. The van der Waals surface area contributed by atoms with E-state index in [-0.39, 0.29) is 23.7 Å². The van der Waals surface area contributed by atoms with E-state index >= 15 is 0 Å². The number of rotatable bonds is 6. The Balaban J connectivity index is 1.84. The summed E-state index contributed by atoms with van der Waals surface area (Å²) in [5.74, 6) is -0.729. The van der Waals surface area contributed by atoms with Crippen molar-refractivity contribution in [3.8, 4) is 5.75 Å². The molecular weight excluding hydrogens is 249 g/mol. The van der Waals surface area contributed by atoms with Crippen LogP contribution < -0.4 is 10.1 Å². The van der Waals surface area contributed by atoms with Crippen molar-refractivity contribution in [1.29, 1.82) is 0 Å². The number of para-hydroxylation sites is 1.